The lowest BCUT2D eigenvalue weighted by Gasteiger charge is -2.27. The molecule has 1 aliphatic carbocycles. The summed E-state index contributed by atoms with van der Waals surface area (Å²) in [4.78, 5) is 19.3. The number of aromatic nitrogens is 1. The van der Waals surface area contributed by atoms with Crippen LogP contribution in [0.3, 0.4) is 0 Å². The Hall–Kier alpha value is -1.30. The molecule has 0 spiro atoms. The van der Waals surface area contributed by atoms with Gasteiger partial charge in [-0.25, -0.2) is 4.98 Å². The van der Waals surface area contributed by atoms with Crippen molar-refractivity contribution in [2.75, 3.05) is 24.2 Å². The van der Waals surface area contributed by atoms with Gasteiger partial charge in [-0.3, -0.25) is 4.79 Å². The molecule has 1 aromatic rings. The molecule has 118 valence electrons. The molecule has 1 saturated carbocycles. The number of hydrogen-bond acceptors (Lipinski definition) is 5. The zero-order chi connectivity index (χ0) is 15.4. The molecule has 21 heavy (non-hydrogen) atoms. The van der Waals surface area contributed by atoms with Crippen LogP contribution < -0.4 is 16.0 Å². The first-order valence-corrected chi connectivity index (χ1v) is 8.61. The van der Waals surface area contributed by atoms with Crippen LogP contribution in [0, 0.1) is 5.92 Å². The minimum atomic E-state index is -0.0692. The maximum absolute atomic E-state index is 12.4. The molecule has 2 rings (SSSR count). The summed E-state index contributed by atoms with van der Waals surface area (Å²) in [5.74, 6) is 0.966. The Balaban J connectivity index is 2.02. The highest BCUT2D eigenvalue weighted by molar-refractivity contribution is 7.18. The summed E-state index contributed by atoms with van der Waals surface area (Å²) in [5, 5.41) is 3.94. The van der Waals surface area contributed by atoms with E-state index in [4.69, 9.17) is 5.73 Å². The van der Waals surface area contributed by atoms with Gasteiger partial charge in [0.2, 0.25) is 0 Å². The summed E-state index contributed by atoms with van der Waals surface area (Å²) >= 11 is 1.38. The lowest BCUT2D eigenvalue weighted by molar-refractivity contribution is 0.0926. The van der Waals surface area contributed by atoms with Gasteiger partial charge in [-0.2, -0.15) is 0 Å². The zero-order valence-corrected chi connectivity index (χ0v) is 14.0. The quantitative estimate of drug-likeness (QED) is 0.877. The molecule has 6 heteroatoms. The first-order chi connectivity index (χ1) is 10.0. The summed E-state index contributed by atoms with van der Waals surface area (Å²) in [6.07, 6.45) is 5.62. The largest absolute Gasteiger partial charge is 0.382 e. The topological polar surface area (TPSA) is 71.2 Å². The summed E-state index contributed by atoms with van der Waals surface area (Å²) in [5.41, 5.74) is 5.92. The van der Waals surface area contributed by atoms with Gasteiger partial charge in [0, 0.05) is 19.6 Å². The molecular formula is C15H26N4OS. The molecule has 3 N–H and O–H groups in total. The highest BCUT2D eigenvalue weighted by Gasteiger charge is 2.24. The number of carbonyl (C=O) groups is 1. The van der Waals surface area contributed by atoms with E-state index in [0.717, 1.165) is 30.9 Å². The van der Waals surface area contributed by atoms with E-state index in [2.05, 4.69) is 24.1 Å². The highest BCUT2D eigenvalue weighted by atomic mass is 32.1. The van der Waals surface area contributed by atoms with Gasteiger partial charge in [-0.05, 0) is 25.2 Å². The molecule has 0 radical (unpaired) electrons. The number of amides is 1. The van der Waals surface area contributed by atoms with Crippen LogP contribution in [-0.4, -0.2) is 30.5 Å². The Morgan fingerprint density at radius 3 is 2.95 bits per heavy atom. The van der Waals surface area contributed by atoms with Crippen LogP contribution in [0.5, 0.6) is 0 Å². The van der Waals surface area contributed by atoms with Crippen molar-refractivity contribution in [2.45, 2.75) is 52.0 Å². The Morgan fingerprint density at radius 2 is 2.29 bits per heavy atom. The monoisotopic (exact) mass is 310 g/mol. The second kappa shape index (κ2) is 7.11. The Bertz CT molecular complexity index is 488. The predicted molar refractivity (Wildman–Crippen MR) is 89.0 cm³/mol. The maximum atomic E-state index is 12.4. The summed E-state index contributed by atoms with van der Waals surface area (Å²) in [7, 11) is 1.98. The van der Waals surface area contributed by atoms with E-state index < -0.39 is 0 Å². The van der Waals surface area contributed by atoms with E-state index in [0.29, 0.717) is 16.6 Å². The Labute approximate surface area is 130 Å². The fourth-order valence-electron chi connectivity index (χ4n) is 2.89. The van der Waals surface area contributed by atoms with Gasteiger partial charge in [0.25, 0.3) is 5.91 Å². The molecule has 0 aliphatic heterocycles. The Morgan fingerprint density at radius 1 is 1.52 bits per heavy atom. The van der Waals surface area contributed by atoms with Crippen molar-refractivity contribution in [3.63, 3.8) is 0 Å². The number of carbonyl (C=O) groups excluding carboxylic acids is 1. The molecule has 1 heterocycles. The van der Waals surface area contributed by atoms with Gasteiger partial charge in [0.15, 0.2) is 5.13 Å². The minimum absolute atomic E-state index is 0.0692. The number of nitrogens with one attached hydrogen (secondary N) is 1. The van der Waals surface area contributed by atoms with Gasteiger partial charge >= 0.3 is 0 Å². The smallest absolute Gasteiger partial charge is 0.265 e. The lowest BCUT2D eigenvalue weighted by Crippen LogP contribution is -2.37. The molecule has 2 unspecified atom stereocenters. The third-order valence-corrected chi connectivity index (χ3v) is 5.19. The van der Waals surface area contributed by atoms with E-state index in [1.807, 2.05) is 11.9 Å². The van der Waals surface area contributed by atoms with Gasteiger partial charge in [0.1, 0.15) is 10.7 Å². The molecule has 1 aromatic heterocycles. The second-order valence-corrected chi connectivity index (χ2v) is 7.05. The van der Waals surface area contributed by atoms with Crippen LogP contribution in [0.25, 0.3) is 0 Å². The number of nitrogen functional groups attached to an aromatic ring is 1. The van der Waals surface area contributed by atoms with Crippen molar-refractivity contribution in [2.24, 2.45) is 5.92 Å². The van der Waals surface area contributed by atoms with Crippen LogP contribution in [0.2, 0.25) is 0 Å². The van der Waals surface area contributed by atoms with Crippen molar-refractivity contribution in [3.05, 3.63) is 4.88 Å². The average molecular weight is 310 g/mol. The third-order valence-electron chi connectivity index (χ3n) is 4.01. The summed E-state index contributed by atoms with van der Waals surface area (Å²) in [6, 6.07) is 0.277. The van der Waals surface area contributed by atoms with Gasteiger partial charge in [0.05, 0.1) is 0 Å². The van der Waals surface area contributed by atoms with E-state index in [1.54, 1.807) is 0 Å². The third kappa shape index (κ3) is 4.09. The molecule has 1 fully saturated rings. The van der Waals surface area contributed by atoms with Crippen LogP contribution >= 0.6 is 11.3 Å². The van der Waals surface area contributed by atoms with Crippen molar-refractivity contribution >= 4 is 28.2 Å². The van der Waals surface area contributed by atoms with Crippen LogP contribution in [0.15, 0.2) is 0 Å². The Kier molecular flexibility index (Phi) is 5.45. The first-order valence-electron chi connectivity index (χ1n) is 7.79. The lowest BCUT2D eigenvalue weighted by atomic mass is 9.87. The molecule has 1 aliphatic rings. The van der Waals surface area contributed by atoms with Crippen LogP contribution in [-0.2, 0) is 0 Å². The zero-order valence-electron chi connectivity index (χ0n) is 13.2. The predicted octanol–water partition coefficient (Wildman–Crippen LogP) is 2.88. The van der Waals surface area contributed by atoms with E-state index in [1.165, 1.54) is 24.2 Å². The molecule has 5 nitrogen and oxygen atoms in total. The van der Waals surface area contributed by atoms with Gasteiger partial charge in [-0.1, -0.05) is 38.0 Å². The van der Waals surface area contributed by atoms with Crippen molar-refractivity contribution in [3.8, 4) is 0 Å². The van der Waals surface area contributed by atoms with Crippen molar-refractivity contribution in [1.82, 2.24) is 10.3 Å². The van der Waals surface area contributed by atoms with E-state index >= 15 is 0 Å². The van der Waals surface area contributed by atoms with Crippen LogP contribution in [0.4, 0.5) is 10.9 Å². The number of nitrogens with zero attached hydrogens (tertiary/aromatic N) is 2. The molecule has 2 atom stereocenters. The van der Waals surface area contributed by atoms with Gasteiger partial charge in [-0.15, -0.1) is 0 Å². The number of hydrogen-bond donors (Lipinski definition) is 2. The first kappa shape index (κ1) is 16.1. The summed E-state index contributed by atoms with van der Waals surface area (Å²) < 4.78 is 0. The molecule has 1 amide bonds. The fourth-order valence-corrected chi connectivity index (χ4v) is 3.77. The number of anilines is 2. The van der Waals surface area contributed by atoms with E-state index in [-0.39, 0.29) is 11.9 Å². The molecular weight excluding hydrogens is 284 g/mol. The fraction of sp³-hybridized carbons (Fsp3) is 0.733. The molecule has 0 saturated heterocycles. The van der Waals surface area contributed by atoms with Crippen molar-refractivity contribution < 1.29 is 4.79 Å². The standard InChI is InChI=1S/C15H26N4OS/c1-4-8-19(3)15-18-13(16)12(21-15)14(20)17-11-7-5-6-10(2)9-11/h10-11H,4-9,16H2,1-3H3,(H,17,20). The van der Waals surface area contributed by atoms with E-state index in [9.17, 15) is 4.79 Å². The number of rotatable bonds is 5. The number of nitrogens with two attached hydrogens (primary N) is 1. The average Bonchev–Trinajstić information content (AvgIpc) is 2.81. The number of thiazole rings is 1. The van der Waals surface area contributed by atoms with Crippen molar-refractivity contribution in [1.29, 1.82) is 0 Å². The maximum Gasteiger partial charge on any atom is 0.265 e. The highest BCUT2D eigenvalue weighted by Crippen LogP contribution is 2.29. The molecule has 0 aromatic carbocycles. The SMILES string of the molecule is CCCN(C)c1nc(N)c(C(=O)NC2CCCC(C)C2)s1. The summed E-state index contributed by atoms with van der Waals surface area (Å²) in [6.45, 7) is 5.27. The molecule has 0 bridgehead atoms. The second-order valence-electron chi connectivity index (χ2n) is 6.07. The van der Waals surface area contributed by atoms with Crippen LogP contribution in [0.1, 0.15) is 55.6 Å². The van der Waals surface area contributed by atoms with Gasteiger partial charge < -0.3 is 16.0 Å². The minimum Gasteiger partial charge on any atom is -0.382 e. The normalized spacial score (nSPS) is 22.0.